The fourth-order valence-electron chi connectivity index (χ4n) is 2.27. The molecule has 2 aromatic rings. The number of sulfonamides is 1. The molecule has 1 amide bonds. The van der Waals surface area contributed by atoms with E-state index in [4.69, 9.17) is 9.47 Å². The third-order valence-corrected chi connectivity index (χ3v) is 4.82. The summed E-state index contributed by atoms with van der Waals surface area (Å²) in [4.78, 5) is 11.6. The minimum atomic E-state index is -3.81. The number of anilines is 2. The Morgan fingerprint density at radius 1 is 1.21 bits per heavy atom. The predicted octanol–water partition coefficient (Wildman–Crippen LogP) is 2.22. The van der Waals surface area contributed by atoms with Crippen molar-refractivity contribution in [2.75, 3.05) is 23.8 Å². The van der Waals surface area contributed by atoms with Gasteiger partial charge in [-0.05, 0) is 30.3 Å². The zero-order chi connectivity index (χ0) is 17.2. The van der Waals surface area contributed by atoms with Crippen molar-refractivity contribution >= 4 is 27.3 Å². The third kappa shape index (κ3) is 3.43. The second kappa shape index (κ2) is 6.40. The summed E-state index contributed by atoms with van der Waals surface area (Å²) in [5, 5.41) is 2.64. The Hall–Kier alpha value is -2.74. The van der Waals surface area contributed by atoms with Crippen molar-refractivity contribution in [1.29, 1.82) is 0 Å². The monoisotopic (exact) mass is 348 g/mol. The number of ether oxygens (including phenoxy) is 2. The molecule has 0 saturated heterocycles. The Balaban J connectivity index is 1.91. The van der Waals surface area contributed by atoms with Gasteiger partial charge in [-0.2, -0.15) is 0 Å². The minimum absolute atomic E-state index is 0.0230. The first-order chi connectivity index (χ1) is 11.5. The van der Waals surface area contributed by atoms with Crippen molar-refractivity contribution < 1.29 is 22.7 Å². The molecule has 0 radical (unpaired) electrons. The number of hydrogen-bond donors (Lipinski definition) is 2. The van der Waals surface area contributed by atoms with Crippen LogP contribution in [0.3, 0.4) is 0 Å². The summed E-state index contributed by atoms with van der Waals surface area (Å²) >= 11 is 0. The molecule has 3 rings (SSSR count). The summed E-state index contributed by atoms with van der Waals surface area (Å²) in [5.41, 5.74) is 0.718. The normalized spacial score (nSPS) is 14.0. The average Bonchev–Trinajstić information content (AvgIpc) is 2.74. The quantitative estimate of drug-likeness (QED) is 0.884. The van der Waals surface area contributed by atoms with E-state index in [2.05, 4.69) is 10.0 Å². The summed E-state index contributed by atoms with van der Waals surface area (Å²) < 4.78 is 38.1. The fourth-order valence-corrected chi connectivity index (χ4v) is 3.34. The molecule has 0 bridgehead atoms. The van der Waals surface area contributed by atoms with Gasteiger partial charge in [0.15, 0.2) is 0 Å². The first-order valence-electron chi connectivity index (χ1n) is 7.21. The first-order valence-corrected chi connectivity index (χ1v) is 8.70. The van der Waals surface area contributed by atoms with Gasteiger partial charge in [0.25, 0.3) is 10.0 Å². The highest BCUT2D eigenvalue weighted by atomic mass is 32.2. The van der Waals surface area contributed by atoms with Crippen LogP contribution < -0.4 is 19.5 Å². The molecule has 0 fully saturated rings. The summed E-state index contributed by atoms with van der Waals surface area (Å²) in [6.07, 6.45) is 0.221. The maximum Gasteiger partial charge on any atom is 0.261 e. The number of fused-ring (bicyclic) bond motifs is 1. The summed E-state index contributed by atoms with van der Waals surface area (Å²) in [6.45, 7) is 0.257. The highest BCUT2D eigenvalue weighted by Gasteiger charge is 2.20. The molecule has 0 saturated carbocycles. The minimum Gasteiger partial charge on any atom is -0.497 e. The van der Waals surface area contributed by atoms with Crippen LogP contribution in [0.4, 0.5) is 11.4 Å². The van der Waals surface area contributed by atoms with E-state index in [1.807, 2.05) is 0 Å². The molecule has 0 spiro atoms. The van der Waals surface area contributed by atoms with Gasteiger partial charge in [-0.25, -0.2) is 8.42 Å². The average molecular weight is 348 g/mol. The Kier molecular flexibility index (Phi) is 4.30. The van der Waals surface area contributed by atoms with Crippen molar-refractivity contribution in [3.63, 3.8) is 0 Å². The smallest absolute Gasteiger partial charge is 0.261 e. The largest absolute Gasteiger partial charge is 0.497 e. The number of methoxy groups -OCH3 is 1. The molecule has 0 atom stereocenters. The van der Waals surface area contributed by atoms with Gasteiger partial charge in [-0.3, -0.25) is 9.52 Å². The molecule has 7 nitrogen and oxygen atoms in total. The van der Waals surface area contributed by atoms with E-state index >= 15 is 0 Å². The SMILES string of the molecule is COc1cccc(NS(=O)(=O)c2ccc3c(c2)NC(=O)CCO3)c1. The van der Waals surface area contributed by atoms with E-state index in [9.17, 15) is 13.2 Å². The summed E-state index contributed by atoms with van der Waals surface area (Å²) in [6, 6.07) is 10.9. The zero-order valence-electron chi connectivity index (χ0n) is 12.9. The molecule has 24 heavy (non-hydrogen) atoms. The number of carbonyl (C=O) groups excluding carboxylic acids is 1. The Labute approximate surface area is 139 Å². The summed E-state index contributed by atoms with van der Waals surface area (Å²) in [7, 11) is -2.31. The van der Waals surface area contributed by atoms with Crippen LogP contribution in [0.25, 0.3) is 0 Å². The van der Waals surface area contributed by atoms with Crippen molar-refractivity contribution in [3.8, 4) is 11.5 Å². The molecule has 2 N–H and O–H groups in total. The number of carbonyl (C=O) groups is 1. The molecule has 0 aliphatic carbocycles. The molecule has 126 valence electrons. The van der Waals surface area contributed by atoms with Crippen LogP contribution in [0.1, 0.15) is 6.42 Å². The van der Waals surface area contributed by atoms with Crippen LogP contribution in [-0.4, -0.2) is 28.0 Å². The zero-order valence-corrected chi connectivity index (χ0v) is 13.7. The van der Waals surface area contributed by atoms with Crippen molar-refractivity contribution in [3.05, 3.63) is 42.5 Å². The van der Waals surface area contributed by atoms with Gasteiger partial charge in [0, 0.05) is 6.07 Å². The number of nitrogens with one attached hydrogen (secondary N) is 2. The van der Waals surface area contributed by atoms with Crippen LogP contribution in [-0.2, 0) is 14.8 Å². The summed E-state index contributed by atoms with van der Waals surface area (Å²) in [5.74, 6) is 0.767. The lowest BCUT2D eigenvalue weighted by atomic mass is 10.3. The standard InChI is InChI=1S/C16H16N2O5S/c1-22-12-4-2-3-11(9-12)18-24(20,21)13-5-6-15-14(10-13)17-16(19)7-8-23-15/h2-6,9-10,18H,7-8H2,1H3,(H,17,19). The maximum atomic E-state index is 12.5. The van der Waals surface area contributed by atoms with E-state index in [1.165, 1.54) is 25.3 Å². The Bertz CT molecular complexity index is 880. The highest BCUT2D eigenvalue weighted by Crippen LogP contribution is 2.30. The fraction of sp³-hybridized carbons (Fsp3) is 0.188. The van der Waals surface area contributed by atoms with Gasteiger partial charge in [0.2, 0.25) is 5.91 Å². The van der Waals surface area contributed by atoms with Crippen molar-refractivity contribution in [2.45, 2.75) is 11.3 Å². The van der Waals surface area contributed by atoms with Crippen LogP contribution in [0.15, 0.2) is 47.4 Å². The molecular formula is C16H16N2O5S. The Morgan fingerprint density at radius 3 is 2.83 bits per heavy atom. The van der Waals surface area contributed by atoms with E-state index in [0.29, 0.717) is 22.9 Å². The first kappa shape index (κ1) is 16.1. The molecule has 1 heterocycles. The van der Waals surface area contributed by atoms with E-state index < -0.39 is 10.0 Å². The second-order valence-electron chi connectivity index (χ2n) is 5.14. The molecular weight excluding hydrogens is 332 g/mol. The van der Waals surface area contributed by atoms with Crippen LogP contribution in [0.2, 0.25) is 0 Å². The van der Waals surface area contributed by atoms with E-state index in [0.717, 1.165) is 0 Å². The number of rotatable bonds is 4. The van der Waals surface area contributed by atoms with Gasteiger partial charge >= 0.3 is 0 Å². The lowest BCUT2D eigenvalue weighted by molar-refractivity contribution is -0.116. The third-order valence-electron chi connectivity index (χ3n) is 3.44. The molecule has 2 aromatic carbocycles. The van der Waals surface area contributed by atoms with Gasteiger partial charge in [-0.15, -0.1) is 0 Å². The molecule has 1 aliphatic heterocycles. The van der Waals surface area contributed by atoms with Gasteiger partial charge in [0.05, 0.1) is 36.4 Å². The van der Waals surface area contributed by atoms with Crippen molar-refractivity contribution in [1.82, 2.24) is 0 Å². The highest BCUT2D eigenvalue weighted by molar-refractivity contribution is 7.92. The lowest BCUT2D eigenvalue weighted by Gasteiger charge is -2.12. The van der Waals surface area contributed by atoms with Gasteiger partial charge in [-0.1, -0.05) is 6.07 Å². The van der Waals surface area contributed by atoms with Crippen LogP contribution in [0, 0.1) is 0 Å². The number of amides is 1. The molecule has 1 aliphatic rings. The predicted molar refractivity (Wildman–Crippen MR) is 89.0 cm³/mol. The lowest BCUT2D eigenvalue weighted by Crippen LogP contribution is -2.14. The molecule has 0 aromatic heterocycles. The van der Waals surface area contributed by atoms with Crippen LogP contribution in [0.5, 0.6) is 11.5 Å². The van der Waals surface area contributed by atoms with Crippen molar-refractivity contribution in [2.24, 2.45) is 0 Å². The topological polar surface area (TPSA) is 93.7 Å². The van der Waals surface area contributed by atoms with Crippen LogP contribution >= 0.6 is 0 Å². The van der Waals surface area contributed by atoms with E-state index in [-0.39, 0.29) is 23.8 Å². The number of hydrogen-bond acceptors (Lipinski definition) is 5. The van der Waals surface area contributed by atoms with E-state index in [1.54, 1.807) is 24.3 Å². The van der Waals surface area contributed by atoms with Gasteiger partial charge < -0.3 is 14.8 Å². The maximum absolute atomic E-state index is 12.5. The molecule has 0 unspecified atom stereocenters. The number of benzene rings is 2. The molecule has 8 heteroatoms. The second-order valence-corrected chi connectivity index (χ2v) is 6.82. The van der Waals surface area contributed by atoms with Gasteiger partial charge in [0.1, 0.15) is 11.5 Å². The Morgan fingerprint density at radius 2 is 2.04 bits per heavy atom.